The van der Waals surface area contributed by atoms with E-state index in [1.165, 1.54) is 148 Å². The van der Waals surface area contributed by atoms with Gasteiger partial charge >= 0.3 is 5.97 Å². The maximum absolute atomic E-state index is 13.5. The van der Waals surface area contributed by atoms with Gasteiger partial charge in [-0.2, -0.15) is 0 Å². The van der Waals surface area contributed by atoms with E-state index in [9.17, 15) is 19.0 Å². The molecule has 0 aromatic rings. The van der Waals surface area contributed by atoms with E-state index < -0.39 is 26.6 Å². The van der Waals surface area contributed by atoms with Crippen molar-refractivity contribution < 1.29 is 37.3 Å². The molecular formula is C69H125N2O7P. The Bertz CT molecular complexity index is 1630. The number of likely N-dealkylation sites (N-methyl/N-ethyl adjacent to an activating group) is 1. The van der Waals surface area contributed by atoms with Crippen LogP contribution in [-0.2, 0) is 27.9 Å². The zero-order valence-corrected chi connectivity index (χ0v) is 53.2. The molecule has 0 saturated heterocycles. The molecule has 3 unspecified atom stereocenters. The fraction of sp³-hybridized carbons (Fsp3) is 0.768. The average Bonchev–Trinajstić information content (AvgIpc) is 3.41. The van der Waals surface area contributed by atoms with Crippen molar-refractivity contribution >= 4 is 19.7 Å². The van der Waals surface area contributed by atoms with Crippen LogP contribution in [0.1, 0.15) is 290 Å². The topological polar surface area (TPSA) is 114 Å². The Morgan fingerprint density at radius 3 is 1.23 bits per heavy atom. The lowest BCUT2D eigenvalue weighted by Gasteiger charge is -2.30. The number of carbonyl (C=O) groups is 2. The Morgan fingerprint density at radius 2 is 0.810 bits per heavy atom. The van der Waals surface area contributed by atoms with Gasteiger partial charge in [0, 0.05) is 12.8 Å². The van der Waals surface area contributed by atoms with Gasteiger partial charge in [0.05, 0.1) is 33.8 Å². The number of allylic oxidation sites excluding steroid dienone is 13. The van der Waals surface area contributed by atoms with Crippen LogP contribution in [0.15, 0.2) is 85.1 Å². The fourth-order valence-electron chi connectivity index (χ4n) is 9.25. The fourth-order valence-corrected chi connectivity index (χ4v) is 9.97. The summed E-state index contributed by atoms with van der Waals surface area (Å²) in [5.41, 5.74) is 0. The van der Waals surface area contributed by atoms with Gasteiger partial charge in [0.15, 0.2) is 0 Å². The Kier molecular flexibility index (Phi) is 56.3. The van der Waals surface area contributed by atoms with Crippen LogP contribution in [0.3, 0.4) is 0 Å². The molecule has 1 amide bonds. The molecule has 3 atom stereocenters. The monoisotopic (exact) mass is 1120 g/mol. The summed E-state index contributed by atoms with van der Waals surface area (Å²) in [5.74, 6) is -0.562. The first-order chi connectivity index (χ1) is 38.4. The number of hydrogen-bond acceptors (Lipinski definition) is 7. The van der Waals surface area contributed by atoms with Crippen LogP contribution in [-0.4, -0.2) is 69.4 Å². The van der Waals surface area contributed by atoms with Crippen molar-refractivity contribution in [2.45, 2.75) is 303 Å². The number of phosphoric ester groups is 1. The molecule has 0 aromatic heterocycles. The minimum Gasteiger partial charge on any atom is -0.756 e. The third-order valence-corrected chi connectivity index (χ3v) is 15.3. The predicted octanol–water partition coefficient (Wildman–Crippen LogP) is 19.9. The number of quaternary nitrogens is 1. The van der Waals surface area contributed by atoms with E-state index in [4.69, 9.17) is 13.8 Å². The normalized spacial score (nSPS) is 14.2. The molecule has 0 spiro atoms. The summed E-state index contributed by atoms with van der Waals surface area (Å²) >= 11 is 0. The molecule has 10 heteroatoms. The standard InChI is InChI=1S/C69H125N2O7P/c1-7-10-13-16-19-22-25-27-29-31-33-35-37-39-41-43-46-49-52-55-58-61-68(72)70-66(65-77-79(74,75)76-64-63-71(4,5)6)67(60-57-54-51-48-45-24-21-18-15-12-9-3)78-69(73)62-59-56-53-50-47-44-42-40-38-36-34-32-30-28-26-23-20-17-14-11-8-2/h10,13,19,22,27-30,33,35,39,41,57,60,66-67H,7-9,11-12,14-18,20-21,23-26,31-32,34,36-38,40,42-56,58-59,61-65H2,1-6H3,(H-,70,72,74,75)/b13-10-,22-19-,29-27-,30-28+,35-33-,41-39-,60-57+. The SMILES string of the molecule is CC/C=C\C/C=C\C/C=C\C/C=C\C/C=C\CCCCCCCC(=O)NC(COP(=O)([O-])OCC[N+](C)(C)C)C(/C=C/CCCCCCCCCCC)OC(=O)CCCCCCCCCCCCC/C=C/CCCCCCCC. The maximum Gasteiger partial charge on any atom is 0.306 e. The van der Waals surface area contributed by atoms with E-state index in [1.807, 2.05) is 33.3 Å². The van der Waals surface area contributed by atoms with Crippen LogP contribution in [0, 0.1) is 0 Å². The van der Waals surface area contributed by atoms with Gasteiger partial charge in [0.25, 0.3) is 7.82 Å². The average molecular weight is 1130 g/mol. The third kappa shape index (κ3) is 59.6. The van der Waals surface area contributed by atoms with Gasteiger partial charge in [-0.05, 0) is 102 Å². The van der Waals surface area contributed by atoms with Crippen molar-refractivity contribution in [2.75, 3.05) is 40.9 Å². The minimum atomic E-state index is -4.71. The Hall–Kier alpha value is -2.81. The Morgan fingerprint density at radius 1 is 0.456 bits per heavy atom. The van der Waals surface area contributed by atoms with E-state index in [-0.39, 0.29) is 24.9 Å². The van der Waals surface area contributed by atoms with Crippen molar-refractivity contribution in [1.29, 1.82) is 0 Å². The van der Waals surface area contributed by atoms with Gasteiger partial charge in [-0.1, -0.05) is 260 Å². The maximum atomic E-state index is 13.5. The molecule has 0 aromatic carbocycles. The van der Waals surface area contributed by atoms with Gasteiger partial charge in [-0.25, -0.2) is 0 Å². The molecular weight excluding hydrogens is 1000 g/mol. The first-order valence-corrected chi connectivity index (χ1v) is 34.4. The zero-order chi connectivity index (χ0) is 57.9. The number of unbranched alkanes of at least 4 members (excludes halogenated alkanes) is 31. The highest BCUT2D eigenvalue weighted by molar-refractivity contribution is 7.45. The van der Waals surface area contributed by atoms with Crippen LogP contribution in [0.25, 0.3) is 0 Å². The Balaban J connectivity index is 5.18. The summed E-state index contributed by atoms with van der Waals surface area (Å²) in [6.45, 7) is 6.72. The largest absolute Gasteiger partial charge is 0.756 e. The van der Waals surface area contributed by atoms with Gasteiger partial charge in [-0.3, -0.25) is 14.2 Å². The number of ether oxygens (including phenoxy) is 1. The van der Waals surface area contributed by atoms with E-state index in [1.54, 1.807) is 0 Å². The van der Waals surface area contributed by atoms with E-state index in [0.29, 0.717) is 23.9 Å². The molecule has 0 aliphatic rings. The molecule has 0 aliphatic carbocycles. The molecule has 0 radical (unpaired) electrons. The number of amides is 1. The summed E-state index contributed by atoms with van der Waals surface area (Å²) in [6, 6.07) is -0.903. The number of carbonyl (C=O) groups excluding carboxylic acids is 2. The molecule has 0 rings (SSSR count). The summed E-state index contributed by atoms with van der Waals surface area (Å²) in [6.07, 6.45) is 77.0. The smallest absolute Gasteiger partial charge is 0.306 e. The molecule has 9 nitrogen and oxygen atoms in total. The number of hydrogen-bond donors (Lipinski definition) is 1. The van der Waals surface area contributed by atoms with Gasteiger partial charge < -0.3 is 28.5 Å². The van der Waals surface area contributed by atoms with Crippen molar-refractivity contribution in [3.63, 3.8) is 0 Å². The molecule has 1 N–H and O–H groups in total. The highest BCUT2D eigenvalue weighted by atomic mass is 31.2. The highest BCUT2D eigenvalue weighted by Gasteiger charge is 2.27. The van der Waals surface area contributed by atoms with Crippen LogP contribution >= 0.6 is 7.82 Å². The number of esters is 1. The summed E-state index contributed by atoms with van der Waals surface area (Å²) in [4.78, 5) is 40.1. The molecule has 0 bridgehead atoms. The number of nitrogens with zero attached hydrogens (tertiary/aromatic N) is 1. The first-order valence-electron chi connectivity index (χ1n) is 32.9. The summed E-state index contributed by atoms with van der Waals surface area (Å²) in [7, 11) is 1.17. The predicted molar refractivity (Wildman–Crippen MR) is 339 cm³/mol. The molecule has 0 aliphatic heterocycles. The number of phosphoric acid groups is 1. The number of nitrogens with one attached hydrogen (secondary N) is 1. The van der Waals surface area contributed by atoms with Gasteiger partial charge in [-0.15, -0.1) is 0 Å². The minimum absolute atomic E-state index is 0.0294. The van der Waals surface area contributed by atoms with Crippen molar-refractivity contribution in [2.24, 2.45) is 0 Å². The second kappa shape index (κ2) is 58.4. The van der Waals surface area contributed by atoms with E-state index in [0.717, 1.165) is 103 Å². The first kappa shape index (κ1) is 76.2. The number of rotatable bonds is 59. The third-order valence-electron chi connectivity index (χ3n) is 14.3. The van der Waals surface area contributed by atoms with Gasteiger partial charge in [0.1, 0.15) is 19.3 Å². The van der Waals surface area contributed by atoms with Crippen LogP contribution in [0.2, 0.25) is 0 Å². The van der Waals surface area contributed by atoms with Gasteiger partial charge in [0.2, 0.25) is 5.91 Å². The molecule has 458 valence electrons. The van der Waals surface area contributed by atoms with Crippen molar-refractivity contribution in [3.8, 4) is 0 Å². The van der Waals surface area contributed by atoms with E-state index >= 15 is 0 Å². The van der Waals surface area contributed by atoms with E-state index in [2.05, 4.69) is 99.0 Å². The quantitative estimate of drug-likeness (QED) is 0.0212. The lowest BCUT2D eigenvalue weighted by molar-refractivity contribution is -0.870. The van der Waals surface area contributed by atoms with Crippen LogP contribution in [0.4, 0.5) is 0 Å². The molecule has 0 saturated carbocycles. The Labute approximate surface area is 488 Å². The second-order valence-electron chi connectivity index (χ2n) is 23.2. The molecule has 0 heterocycles. The summed E-state index contributed by atoms with van der Waals surface area (Å²) in [5, 5.41) is 3.02. The highest BCUT2D eigenvalue weighted by Crippen LogP contribution is 2.38. The van der Waals surface area contributed by atoms with Crippen LogP contribution < -0.4 is 10.2 Å². The summed E-state index contributed by atoms with van der Waals surface area (Å²) < 4.78 is 30.3. The lowest BCUT2D eigenvalue weighted by atomic mass is 10.0. The van der Waals surface area contributed by atoms with Crippen LogP contribution in [0.5, 0.6) is 0 Å². The lowest BCUT2D eigenvalue weighted by Crippen LogP contribution is -2.47. The molecule has 0 fully saturated rings. The molecule has 79 heavy (non-hydrogen) atoms. The van der Waals surface area contributed by atoms with Crippen molar-refractivity contribution in [1.82, 2.24) is 5.32 Å². The zero-order valence-electron chi connectivity index (χ0n) is 52.3. The second-order valence-corrected chi connectivity index (χ2v) is 24.6. The van der Waals surface area contributed by atoms with Crippen molar-refractivity contribution in [3.05, 3.63) is 85.1 Å².